The Morgan fingerprint density at radius 2 is 1.85 bits per heavy atom. The normalized spacial score (nSPS) is 9.30. The van der Waals surface area contributed by atoms with E-state index in [0.717, 1.165) is 17.2 Å². The number of fused-ring (bicyclic) bond motifs is 1. The Morgan fingerprint density at radius 3 is 2.35 bits per heavy atom. The molecule has 0 fully saturated rings. The second-order valence-electron chi connectivity index (χ2n) is 3.90. The number of aromatic nitrogens is 1. The molecule has 3 rings (SSSR count). The molecular formula is C16H16N2SY-2. The summed E-state index contributed by atoms with van der Waals surface area (Å²) in [7, 11) is 3.90. The molecule has 2 aromatic carbocycles. The summed E-state index contributed by atoms with van der Waals surface area (Å²) in [4.78, 5) is 6.37. The largest absolute Gasteiger partial charge is 0.501 e. The minimum absolute atomic E-state index is 0. The van der Waals surface area contributed by atoms with Gasteiger partial charge in [-0.15, -0.1) is 0 Å². The van der Waals surface area contributed by atoms with Gasteiger partial charge in [0.2, 0.25) is 0 Å². The van der Waals surface area contributed by atoms with E-state index in [1.165, 1.54) is 4.70 Å². The van der Waals surface area contributed by atoms with E-state index in [4.69, 9.17) is 0 Å². The monoisotopic (exact) mass is 357 g/mol. The fourth-order valence-electron chi connectivity index (χ4n) is 1.47. The molecule has 1 radical (unpaired) electrons. The third-order valence-corrected chi connectivity index (χ3v) is 3.64. The molecule has 0 N–H and O–H groups in total. The van der Waals surface area contributed by atoms with E-state index in [0.29, 0.717) is 0 Å². The van der Waals surface area contributed by atoms with Crippen LogP contribution < -0.4 is 4.90 Å². The standard InChI is InChI=1S/C10H11N2S.C6H5.Y/c1-3-12(2)10-11-8-6-4-5-7-9(8)13-10;1-2-4-6-5-3-1;/h4-7H,2-3H2,1H3;1-5H;/q2*-1;. The van der Waals surface area contributed by atoms with Gasteiger partial charge in [0.25, 0.3) is 0 Å². The minimum Gasteiger partial charge on any atom is -0.501 e. The Hall–Kier alpha value is -0.766. The Balaban J connectivity index is 0.000000243. The zero-order chi connectivity index (χ0) is 13.5. The van der Waals surface area contributed by atoms with Crippen molar-refractivity contribution >= 4 is 26.7 Å². The van der Waals surface area contributed by atoms with Gasteiger partial charge >= 0.3 is 0 Å². The maximum atomic E-state index is 4.47. The van der Waals surface area contributed by atoms with Crippen LogP contribution in [0.4, 0.5) is 5.13 Å². The number of hydrogen-bond acceptors (Lipinski definition) is 3. The zero-order valence-corrected chi connectivity index (χ0v) is 15.1. The molecule has 2 nitrogen and oxygen atoms in total. The quantitative estimate of drug-likeness (QED) is 0.632. The molecular weight excluding hydrogens is 341 g/mol. The molecule has 0 bridgehead atoms. The zero-order valence-electron chi connectivity index (χ0n) is 11.5. The van der Waals surface area contributed by atoms with Gasteiger partial charge in [0, 0.05) is 32.7 Å². The number of benzene rings is 2. The number of hydrogen-bond donors (Lipinski definition) is 0. The number of rotatable bonds is 2. The van der Waals surface area contributed by atoms with Crippen molar-refractivity contribution in [2.75, 3.05) is 11.4 Å². The van der Waals surface area contributed by atoms with Crippen molar-refractivity contribution in [3.63, 3.8) is 0 Å². The third-order valence-electron chi connectivity index (χ3n) is 2.54. The Morgan fingerprint density at radius 1 is 1.15 bits per heavy atom. The molecule has 0 amide bonds. The van der Waals surface area contributed by atoms with E-state index in [-0.39, 0.29) is 32.7 Å². The summed E-state index contributed by atoms with van der Waals surface area (Å²) in [5, 5.41) is 0.990. The average molecular weight is 357 g/mol. The molecule has 0 saturated heterocycles. The van der Waals surface area contributed by atoms with Gasteiger partial charge in [-0.3, -0.25) is 7.05 Å². The molecule has 20 heavy (non-hydrogen) atoms. The van der Waals surface area contributed by atoms with Crippen molar-refractivity contribution in [3.05, 3.63) is 67.7 Å². The summed E-state index contributed by atoms with van der Waals surface area (Å²) in [6.07, 6.45) is 0. The summed E-state index contributed by atoms with van der Waals surface area (Å²) in [6, 6.07) is 20.6. The van der Waals surface area contributed by atoms with Gasteiger partial charge in [0.05, 0.1) is 10.2 Å². The Kier molecular flexibility index (Phi) is 7.97. The SMILES string of the molecule is [CH2-]N(CC)c1nc2ccccc2s1.[Y].[c-]1ccccc1. The van der Waals surface area contributed by atoms with Gasteiger partial charge in [-0.05, 0) is 25.6 Å². The van der Waals surface area contributed by atoms with Gasteiger partial charge in [-0.2, -0.15) is 36.4 Å². The molecule has 4 heteroatoms. The van der Waals surface area contributed by atoms with Crippen LogP contribution in [0.5, 0.6) is 0 Å². The number of anilines is 1. The molecule has 0 saturated carbocycles. The second-order valence-corrected chi connectivity index (χ2v) is 4.91. The van der Waals surface area contributed by atoms with Crippen molar-refractivity contribution < 1.29 is 32.7 Å². The molecule has 0 unspecified atom stereocenters. The predicted molar refractivity (Wildman–Crippen MR) is 83.3 cm³/mol. The van der Waals surface area contributed by atoms with Crippen molar-refractivity contribution in [2.45, 2.75) is 6.92 Å². The maximum absolute atomic E-state index is 4.47. The van der Waals surface area contributed by atoms with Crippen LogP contribution in [-0.2, 0) is 32.7 Å². The number of nitrogens with zero attached hydrogens (tertiary/aromatic N) is 2. The maximum Gasteiger partial charge on any atom is 0.156 e. The third kappa shape index (κ3) is 4.97. The van der Waals surface area contributed by atoms with Gasteiger partial charge in [-0.25, -0.2) is 4.98 Å². The predicted octanol–water partition coefficient (Wildman–Crippen LogP) is 4.40. The van der Waals surface area contributed by atoms with Crippen LogP contribution in [0.25, 0.3) is 10.2 Å². The molecule has 1 heterocycles. The van der Waals surface area contributed by atoms with Crippen LogP contribution in [0, 0.1) is 13.1 Å². The smallest absolute Gasteiger partial charge is 0.156 e. The fourth-order valence-corrected chi connectivity index (χ4v) is 2.44. The van der Waals surface area contributed by atoms with E-state index >= 15 is 0 Å². The van der Waals surface area contributed by atoms with Crippen molar-refractivity contribution in [1.82, 2.24) is 4.98 Å². The molecule has 0 spiro atoms. The first-order valence-corrected chi connectivity index (χ1v) is 6.97. The Labute approximate surface area is 149 Å². The molecule has 0 aliphatic heterocycles. The van der Waals surface area contributed by atoms with E-state index in [9.17, 15) is 0 Å². The minimum atomic E-state index is 0. The molecule has 0 atom stereocenters. The average Bonchev–Trinajstić information content (AvgIpc) is 2.93. The van der Waals surface area contributed by atoms with E-state index in [1.807, 2.05) is 53.4 Å². The second kappa shape index (κ2) is 9.22. The van der Waals surface area contributed by atoms with Gasteiger partial charge in [-0.1, -0.05) is 23.5 Å². The van der Waals surface area contributed by atoms with Crippen molar-refractivity contribution in [2.24, 2.45) is 0 Å². The van der Waals surface area contributed by atoms with E-state index in [1.54, 1.807) is 11.3 Å². The molecule has 0 aliphatic rings. The first-order valence-electron chi connectivity index (χ1n) is 6.16. The topological polar surface area (TPSA) is 16.1 Å². The van der Waals surface area contributed by atoms with Gasteiger partial charge in [0.1, 0.15) is 0 Å². The summed E-state index contributed by atoms with van der Waals surface area (Å²) >= 11 is 1.68. The van der Waals surface area contributed by atoms with Crippen LogP contribution >= 0.6 is 11.3 Å². The summed E-state index contributed by atoms with van der Waals surface area (Å²) < 4.78 is 1.22. The Bertz CT molecular complexity index is 550. The first-order chi connectivity index (χ1) is 9.31. The van der Waals surface area contributed by atoms with Crippen molar-refractivity contribution in [3.8, 4) is 0 Å². The number of para-hydroxylation sites is 1. The fraction of sp³-hybridized carbons (Fsp3) is 0.125. The molecule has 101 valence electrons. The van der Waals surface area contributed by atoms with E-state index in [2.05, 4.69) is 31.1 Å². The van der Waals surface area contributed by atoms with Gasteiger partial charge in [0.15, 0.2) is 5.13 Å². The molecule has 3 aromatic rings. The van der Waals surface area contributed by atoms with Crippen molar-refractivity contribution in [1.29, 1.82) is 0 Å². The number of thiazole rings is 1. The first kappa shape index (κ1) is 17.3. The van der Waals surface area contributed by atoms with Crippen LogP contribution in [0.15, 0.2) is 54.6 Å². The molecule has 0 aliphatic carbocycles. The van der Waals surface area contributed by atoms with E-state index < -0.39 is 0 Å². The van der Waals surface area contributed by atoms with Gasteiger partial charge < -0.3 is 4.90 Å². The van der Waals surface area contributed by atoms with Crippen LogP contribution in [0.1, 0.15) is 6.92 Å². The van der Waals surface area contributed by atoms with Crippen LogP contribution in [0.2, 0.25) is 0 Å². The van der Waals surface area contributed by atoms with Crippen LogP contribution in [-0.4, -0.2) is 11.5 Å². The summed E-state index contributed by atoms with van der Waals surface area (Å²) in [5.74, 6) is 0. The van der Waals surface area contributed by atoms with Crippen LogP contribution in [0.3, 0.4) is 0 Å². The summed E-state index contributed by atoms with van der Waals surface area (Å²) in [5.41, 5.74) is 1.06. The molecule has 1 aromatic heterocycles. The summed E-state index contributed by atoms with van der Waals surface area (Å²) in [6.45, 7) is 2.96.